The molecule has 25 heavy (non-hydrogen) atoms. The molecule has 0 unspecified atom stereocenters. The summed E-state index contributed by atoms with van der Waals surface area (Å²) in [6.07, 6.45) is 0. The van der Waals surface area contributed by atoms with Crippen LogP contribution in [0.1, 0.15) is 11.1 Å². The van der Waals surface area contributed by atoms with Gasteiger partial charge in [-0.2, -0.15) is 0 Å². The van der Waals surface area contributed by atoms with Gasteiger partial charge in [0.15, 0.2) is 0 Å². The Morgan fingerprint density at radius 3 is 2.36 bits per heavy atom. The fourth-order valence-electron chi connectivity index (χ4n) is 1.96. The number of nitrogens with two attached hydrogens (primary N) is 1. The lowest BCUT2D eigenvalue weighted by Gasteiger charge is -2.13. The SMILES string of the molecule is NC(=O)C(=O)Nc1cc(CO)ccc1OCc1ccc([N+](=O)[O-])cc1. The predicted octanol–water partition coefficient (Wildman–Crippen LogP) is 1.09. The van der Waals surface area contributed by atoms with E-state index in [1.165, 1.54) is 24.3 Å². The van der Waals surface area contributed by atoms with Gasteiger partial charge in [-0.05, 0) is 35.4 Å². The van der Waals surface area contributed by atoms with E-state index in [2.05, 4.69) is 5.32 Å². The van der Waals surface area contributed by atoms with E-state index in [0.29, 0.717) is 11.1 Å². The largest absolute Gasteiger partial charge is 0.487 e. The van der Waals surface area contributed by atoms with Crippen molar-refractivity contribution < 1.29 is 24.4 Å². The number of primary amides is 1. The number of hydrogen-bond donors (Lipinski definition) is 3. The first kappa shape index (κ1) is 17.9. The van der Waals surface area contributed by atoms with Gasteiger partial charge in [-0.25, -0.2) is 0 Å². The van der Waals surface area contributed by atoms with Crippen molar-refractivity contribution in [2.24, 2.45) is 5.73 Å². The summed E-state index contributed by atoms with van der Waals surface area (Å²) < 4.78 is 5.59. The zero-order chi connectivity index (χ0) is 18.4. The van der Waals surface area contributed by atoms with Crippen LogP contribution in [0.4, 0.5) is 11.4 Å². The number of hydrogen-bond acceptors (Lipinski definition) is 6. The van der Waals surface area contributed by atoms with Crippen LogP contribution < -0.4 is 15.8 Å². The topological polar surface area (TPSA) is 145 Å². The van der Waals surface area contributed by atoms with Crippen LogP contribution in [-0.2, 0) is 22.8 Å². The molecular formula is C16H15N3O6. The van der Waals surface area contributed by atoms with Crippen LogP contribution in [0.25, 0.3) is 0 Å². The zero-order valence-electron chi connectivity index (χ0n) is 13.0. The second-order valence-electron chi connectivity index (χ2n) is 5.02. The summed E-state index contributed by atoms with van der Waals surface area (Å²) in [6, 6.07) is 10.3. The molecule has 2 amide bonds. The van der Waals surface area contributed by atoms with Gasteiger partial charge < -0.3 is 20.9 Å². The van der Waals surface area contributed by atoms with Crippen LogP contribution in [-0.4, -0.2) is 21.8 Å². The van der Waals surface area contributed by atoms with Crippen LogP contribution >= 0.6 is 0 Å². The molecule has 0 fully saturated rings. The summed E-state index contributed by atoms with van der Waals surface area (Å²) >= 11 is 0. The molecule has 0 bridgehead atoms. The molecule has 2 aromatic carbocycles. The minimum Gasteiger partial charge on any atom is -0.487 e. The third kappa shape index (κ3) is 4.75. The van der Waals surface area contributed by atoms with Crippen molar-refractivity contribution in [1.82, 2.24) is 0 Å². The van der Waals surface area contributed by atoms with Crippen molar-refractivity contribution in [3.05, 3.63) is 63.7 Å². The van der Waals surface area contributed by atoms with Gasteiger partial charge in [0.2, 0.25) is 0 Å². The number of nitrogens with zero attached hydrogens (tertiary/aromatic N) is 1. The van der Waals surface area contributed by atoms with Crippen molar-refractivity contribution in [3.8, 4) is 5.75 Å². The zero-order valence-corrected chi connectivity index (χ0v) is 13.0. The van der Waals surface area contributed by atoms with E-state index in [1.807, 2.05) is 0 Å². The second-order valence-corrected chi connectivity index (χ2v) is 5.02. The summed E-state index contributed by atoms with van der Waals surface area (Å²) in [7, 11) is 0. The van der Waals surface area contributed by atoms with Gasteiger partial charge in [0.05, 0.1) is 17.2 Å². The lowest BCUT2D eigenvalue weighted by molar-refractivity contribution is -0.384. The molecule has 9 heteroatoms. The summed E-state index contributed by atoms with van der Waals surface area (Å²) in [5.41, 5.74) is 6.23. The number of rotatable bonds is 6. The first-order valence-electron chi connectivity index (χ1n) is 7.11. The van der Waals surface area contributed by atoms with E-state index in [4.69, 9.17) is 10.5 Å². The van der Waals surface area contributed by atoms with E-state index in [0.717, 1.165) is 0 Å². The normalized spacial score (nSPS) is 10.1. The molecule has 0 aliphatic rings. The van der Waals surface area contributed by atoms with Crippen LogP contribution in [0, 0.1) is 10.1 Å². The average molecular weight is 345 g/mol. The van der Waals surface area contributed by atoms with Gasteiger partial charge >= 0.3 is 11.8 Å². The van der Waals surface area contributed by atoms with E-state index in [-0.39, 0.29) is 30.3 Å². The van der Waals surface area contributed by atoms with Crippen LogP contribution in [0.3, 0.4) is 0 Å². The Kier molecular flexibility index (Phi) is 5.64. The van der Waals surface area contributed by atoms with Crippen LogP contribution in [0.2, 0.25) is 0 Å². The van der Waals surface area contributed by atoms with Crippen molar-refractivity contribution in [1.29, 1.82) is 0 Å². The lowest BCUT2D eigenvalue weighted by Crippen LogP contribution is -2.29. The van der Waals surface area contributed by atoms with Gasteiger partial charge in [-0.1, -0.05) is 6.07 Å². The number of nitro benzene ring substituents is 1. The number of non-ortho nitro benzene ring substituents is 1. The number of aliphatic hydroxyl groups excluding tert-OH is 1. The summed E-state index contributed by atoms with van der Waals surface area (Å²) in [4.78, 5) is 32.5. The van der Waals surface area contributed by atoms with Gasteiger partial charge in [0.25, 0.3) is 5.69 Å². The molecule has 0 heterocycles. The standard InChI is InChI=1S/C16H15N3O6/c17-15(21)16(22)18-13-7-11(8-20)3-6-14(13)25-9-10-1-4-12(5-2-10)19(23)24/h1-7,20H,8-9H2,(H2,17,21)(H,18,22). The molecule has 0 aliphatic heterocycles. The Morgan fingerprint density at radius 2 is 1.80 bits per heavy atom. The molecule has 0 spiro atoms. The molecule has 4 N–H and O–H groups in total. The first-order valence-corrected chi connectivity index (χ1v) is 7.11. The summed E-state index contributed by atoms with van der Waals surface area (Å²) in [5.74, 6) is -1.92. The molecule has 0 aromatic heterocycles. The average Bonchev–Trinajstić information content (AvgIpc) is 2.60. The highest BCUT2D eigenvalue weighted by Gasteiger charge is 2.13. The van der Waals surface area contributed by atoms with Gasteiger partial charge in [0, 0.05) is 12.1 Å². The number of anilines is 1. The number of ether oxygens (including phenoxy) is 1. The van der Waals surface area contributed by atoms with Crippen molar-refractivity contribution in [2.75, 3.05) is 5.32 Å². The number of benzene rings is 2. The summed E-state index contributed by atoms with van der Waals surface area (Å²) in [5, 5.41) is 22.1. The van der Waals surface area contributed by atoms with Crippen molar-refractivity contribution in [2.45, 2.75) is 13.2 Å². The highest BCUT2D eigenvalue weighted by molar-refractivity contribution is 6.39. The fraction of sp³-hybridized carbons (Fsp3) is 0.125. The molecule has 0 radical (unpaired) electrons. The monoisotopic (exact) mass is 345 g/mol. The second kappa shape index (κ2) is 7.88. The predicted molar refractivity (Wildman–Crippen MR) is 87.6 cm³/mol. The van der Waals surface area contributed by atoms with E-state index >= 15 is 0 Å². The Balaban J connectivity index is 2.16. The van der Waals surface area contributed by atoms with E-state index in [9.17, 15) is 24.8 Å². The number of nitrogens with one attached hydrogen (secondary N) is 1. The Morgan fingerprint density at radius 1 is 1.16 bits per heavy atom. The molecule has 130 valence electrons. The molecule has 0 saturated heterocycles. The smallest absolute Gasteiger partial charge is 0.313 e. The maximum atomic E-state index is 11.5. The summed E-state index contributed by atoms with van der Waals surface area (Å²) in [6.45, 7) is -0.183. The number of carbonyl (C=O) groups is 2. The van der Waals surface area contributed by atoms with Gasteiger partial charge in [-0.15, -0.1) is 0 Å². The first-order chi connectivity index (χ1) is 11.9. The van der Waals surface area contributed by atoms with Gasteiger partial charge in [0.1, 0.15) is 12.4 Å². The highest BCUT2D eigenvalue weighted by Crippen LogP contribution is 2.27. The van der Waals surface area contributed by atoms with Crippen LogP contribution in [0.5, 0.6) is 5.75 Å². The lowest BCUT2D eigenvalue weighted by atomic mass is 10.2. The Hall–Kier alpha value is -3.46. The van der Waals surface area contributed by atoms with Crippen molar-refractivity contribution >= 4 is 23.2 Å². The van der Waals surface area contributed by atoms with Crippen LogP contribution in [0.15, 0.2) is 42.5 Å². The van der Waals surface area contributed by atoms with E-state index < -0.39 is 16.7 Å². The Labute approximate surface area is 142 Å². The Bertz CT molecular complexity index is 804. The minimum atomic E-state index is -1.16. The maximum absolute atomic E-state index is 11.5. The molecule has 9 nitrogen and oxygen atoms in total. The van der Waals surface area contributed by atoms with E-state index in [1.54, 1.807) is 18.2 Å². The third-order valence-electron chi connectivity index (χ3n) is 3.24. The highest BCUT2D eigenvalue weighted by atomic mass is 16.6. The number of aliphatic hydroxyl groups is 1. The fourth-order valence-corrected chi connectivity index (χ4v) is 1.96. The number of nitro groups is 1. The minimum absolute atomic E-state index is 0.0366. The molecule has 0 saturated carbocycles. The number of amides is 2. The quantitative estimate of drug-likeness (QED) is 0.406. The molecular weight excluding hydrogens is 330 g/mol. The molecule has 2 rings (SSSR count). The van der Waals surface area contributed by atoms with Crippen molar-refractivity contribution in [3.63, 3.8) is 0 Å². The molecule has 0 aliphatic carbocycles. The molecule has 0 atom stereocenters. The molecule has 2 aromatic rings. The number of carbonyl (C=O) groups excluding carboxylic acids is 2. The third-order valence-corrected chi connectivity index (χ3v) is 3.24. The van der Waals surface area contributed by atoms with Gasteiger partial charge in [-0.3, -0.25) is 19.7 Å². The maximum Gasteiger partial charge on any atom is 0.313 e.